The molecule has 0 spiro atoms. The molecule has 0 aliphatic carbocycles. The van der Waals surface area contributed by atoms with Gasteiger partial charge < -0.3 is 0 Å². The maximum absolute atomic E-state index is 12.5. The van der Waals surface area contributed by atoms with E-state index in [9.17, 15) is 18.0 Å². The first-order valence-corrected chi connectivity index (χ1v) is 11.1. The predicted molar refractivity (Wildman–Crippen MR) is 100 cm³/mol. The predicted octanol–water partition coefficient (Wildman–Crippen LogP) is 1.54. The molecule has 0 unspecified atom stereocenters. The molecule has 2 aliphatic heterocycles. The lowest BCUT2D eigenvalue weighted by atomic mass is 9.93. The summed E-state index contributed by atoms with van der Waals surface area (Å²) in [4.78, 5) is 29.0. The third-order valence-electron chi connectivity index (χ3n) is 4.37. The first-order valence-electron chi connectivity index (χ1n) is 8.42. The van der Waals surface area contributed by atoms with Crippen LogP contribution >= 0.6 is 11.3 Å². The third kappa shape index (κ3) is 4.12. The number of hydrazone groups is 1. The van der Waals surface area contributed by atoms with Crippen molar-refractivity contribution in [1.82, 2.24) is 9.99 Å². The van der Waals surface area contributed by atoms with E-state index in [2.05, 4.69) is 15.4 Å². The number of hydrogen-bond acceptors (Lipinski definition) is 7. The fourth-order valence-corrected chi connectivity index (χ4v) is 5.46. The maximum atomic E-state index is 12.5. The molecule has 0 saturated carbocycles. The Balaban J connectivity index is 1.73. The zero-order chi connectivity index (χ0) is 19.1. The lowest BCUT2D eigenvalue weighted by molar-refractivity contribution is -0.133. The second-order valence-corrected chi connectivity index (χ2v) is 10.7. The molecule has 142 valence electrons. The van der Waals surface area contributed by atoms with E-state index in [1.165, 1.54) is 16.3 Å². The summed E-state index contributed by atoms with van der Waals surface area (Å²) in [7, 11) is -3.14. The van der Waals surface area contributed by atoms with Crippen molar-refractivity contribution in [2.45, 2.75) is 51.5 Å². The molecule has 1 aromatic rings. The molecule has 0 radical (unpaired) electrons. The first-order chi connectivity index (χ1) is 12.0. The van der Waals surface area contributed by atoms with Gasteiger partial charge in [0.1, 0.15) is 5.71 Å². The van der Waals surface area contributed by atoms with Gasteiger partial charge in [0.2, 0.25) is 5.91 Å². The highest BCUT2D eigenvalue weighted by Crippen LogP contribution is 2.27. The first kappa shape index (κ1) is 19.0. The van der Waals surface area contributed by atoms with Gasteiger partial charge in [-0.1, -0.05) is 20.8 Å². The SMILES string of the molecule is CC(C)(C)c1csc(NC(=O)C2=NN([C@@H]3CCS(=O)(=O)C3)C(=O)CC2)n1. The highest BCUT2D eigenvalue weighted by atomic mass is 32.2. The molecule has 2 amide bonds. The zero-order valence-corrected chi connectivity index (χ0v) is 16.6. The Hall–Kier alpha value is -1.81. The van der Waals surface area contributed by atoms with Crippen molar-refractivity contribution in [3.05, 3.63) is 11.1 Å². The average Bonchev–Trinajstić information content (AvgIpc) is 3.13. The Morgan fingerprint density at radius 2 is 2.08 bits per heavy atom. The zero-order valence-electron chi connectivity index (χ0n) is 15.0. The van der Waals surface area contributed by atoms with Crippen LogP contribution in [0.15, 0.2) is 10.5 Å². The number of amides is 2. The molecule has 1 N–H and O–H groups in total. The average molecular weight is 399 g/mol. The van der Waals surface area contributed by atoms with Crippen molar-refractivity contribution in [1.29, 1.82) is 0 Å². The van der Waals surface area contributed by atoms with Crippen LogP contribution in [0.5, 0.6) is 0 Å². The Morgan fingerprint density at radius 1 is 1.35 bits per heavy atom. The Bertz CT molecular complexity index is 867. The van der Waals surface area contributed by atoms with E-state index < -0.39 is 21.8 Å². The molecule has 26 heavy (non-hydrogen) atoms. The van der Waals surface area contributed by atoms with E-state index in [0.717, 1.165) is 5.69 Å². The Kier molecular flexibility index (Phi) is 4.91. The number of anilines is 1. The van der Waals surface area contributed by atoms with E-state index in [1.54, 1.807) is 0 Å². The monoisotopic (exact) mass is 398 g/mol. The highest BCUT2D eigenvalue weighted by Gasteiger charge is 2.37. The minimum absolute atomic E-state index is 0.0488. The standard InChI is InChI=1S/C16H22N4O4S2/c1-16(2,3)12-8-25-15(17-12)18-14(22)11-4-5-13(21)20(19-11)10-6-7-26(23,24)9-10/h8,10H,4-7,9H2,1-3H3,(H,17,18,22)/t10-/m1/s1. The van der Waals surface area contributed by atoms with Crippen LogP contribution in [0, 0.1) is 0 Å². The van der Waals surface area contributed by atoms with Crippen molar-refractivity contribution in [3.63, 3.8) is 0 Å². The highest BCUT2D eigenvalue weighted by molar-refractivity contribution is 7.91. The maximum Gasteiger partial charge on any atom is 0.273 e. The molecule has 1 atom stereocenters. The Morgan fingerprint density at radius 3 is 2.65 bits per heavy atom. The lowest BCUT2D eigenvalue weighted by Gasteiger charge is -2.27. The minimum atomic E-state index is -3.14. The van der Waals surface area contributed by atoms with Gasteiger partial charge in [-0.2, -0.15) is 5.10 Å². The number of nitrogens with one attached hydrogen (secondary N) is 1. The topological polar surface area (TPSA) is 109 Å². The molecule has 1 fully saturated rings. The van der Waals surface area contributed by atoms with Gasteiger partial charge in [0, 0.05) is 23.6 Å². The summed E-state index contributed by atoms with van der Waals surface area (Å²) in [5.74, 6) is -0.697. The number of nitrogens with zero attached hydrogens (tertiary/aromatic N) is 3. The molecule has 3 heterocycles. The molecule has 0 bridgehead atoms. The summed E-state index contributed by atoms with van der Waals surface area (Å²) in [6.45, 7) is 6.12. The van der Waals surface area contributed by atoms with Crippen LogP contribution in [-0.4, -0.2) is 53.5 Å². The molecule has 1 saturated heterocycles. The second-order valence-electron chi connectivity index (χ2n) is 7.58. The van der Waals surface area contributed by atoms with Gasteiger partial charge in [-0.3, -0.25) is 14.9 Å². The van der Waals surface area contributed by atoms with Crippen LogP contribution in [0.1, 0.15) is 45.7 Å². The van der Waals surface area contributed by atoms with Gasteiger partial charge in [-0.05, 0) is 6.42 Å². The lowest BCUT2D eigenvalue weighted by Crippen LogP contribution is -2.42. The molecule has 1 aromatic heterocycles. The summed E-state index contributed by atoms with van der Waals surface area (Å²) >= 11 is 1.34. The molecular weight excluding hydrogens is 376 g/mol. The van der Waals surface area contributed by atoms with Crippen molar-refractivity contribution >= 4 is 43.8 Å². The number of aromatic nitrogens is 1. The number of sulfone groups is 1. The quantitative estimate of drug-likeness (QED) is 0.831. The van der Waals surface area contributed by atoms with E-state index in [-0.39, 0.29) is 41.4 Å². The van der Waals surface area contributed by atoms with Crippen LogP contribution in [0.25, 0.3) is 0 Å². The van der Waals surface area contributed by atoms with Gasteiger partial charge >= 0.3 is 0 Å². The van der Waals surface area contributed by atoms with Gasteiger partial charge in [-0.15, -0.1) is 11.3 Å². The van der Waals surface area contributed by atoms with Crippen molar-refractivity contribution in [3.8, 4) is 0 Å². The normalized spacial score (nSPS) is 23.0. The van der Waals surface area contributed by atoms with E-state index in [4.69, 9.17) is 0 Å². The number of rotatable bonds is 3. The fraction of sp³-hybridized carbons (Fsp3) is 0.625. The molecule has 10 heteroatoms. The largest absolute Gasteiger partial charge is 0.297 e. The summed E-state index contributed by atoms with van der Waals surface area (Å²) in [6.07, 6.45) is 0.736. The van der Waals surface area contributed by atoms with Crippen LogP contribution in [0.4, 0.5) is 5.13 Å². The number of hydrogen-bond donors (Lipinski definition) is 1. The molecule has 0 aromatic carbocycles. The van der Waals surface area contributed by atoms with Crippen LogP contribution < -0.4 is 5.32 Å². The Labute approximate surface area is 156 Å². The molecular formula is C16H22N4O4S2. The molecule has 2 aliphatic rings. The smallest absolute Gasteiger partial charge is 0.273 e. The number of carbonyl (C=O) groups excluding carboxylic acids is 2. The number of thiazole rings is 1. The third-order valence-corrected chi connectivity index (χ3v) is 6.88. The molecule has 3 rings (SSSR count). The number of carbonyl (C=O) groups is 2. The second kappa shape index (κ2) is 6.73. The van der Waals surface area contributed by atoms with Crippen molar-refractivity contribution in [2.75, 3.05) is 16.8 Å². The summed E-state index contributed by atoms with van der Waals surface area (Å²) < 4.78 is 23.3. The van der Waals surface area contributed by atoms with Crippen LogP contribution in [0.3, 0.4) is 0 Å². The molecule has 8 nitrogen and oxygen atoms in total. The van der Waals surface area contributed by atoms with Gasteiger partial charge in [0.25, 0.3) is 5.91 Å². The summed E-state index contributed by atoms with van der Waals surface area (Å²) in [6, 6.07) is -0.483. The van der Waals surface area contributed by atoms with Gasteiger partial charge in [0.15, 0.2) is 15.0 Å². The summed E-state index contributed by atoms with van der Waals surface area (Å²) in [5, 5.41) is 10.5. The summed E-state index contributed by atoms with van der Waals surface area (Å²) in [5.41, 5.74) is 0.997. The fourth-order valence-electron chi connectivity index (χ4n) is 2.83. The van der Waals surface area contributed by atoms with Crippen LogP contribution in [0.2, 0.25) is 0 Å². The van der Waals surface area contributed by atoms with Crippen molar-refractivity contribution in [2.24, 2.45) is 5.10 Å². The van der Waals surface area contributed by atoms with Crippen molar-refractivity contribution < 1.29 is 18.0 Å². The van der Waals surface area contributed by atoms with E-state index in [0.29, 0.717) is 11.6 Å². The van der Waals surface area contributed by atoms with E-state index in [1.807, 2.05) is 26.2 Å². The van der Waals surface area contributed by atoms with Gasteiger partial charge in [0.05, 0.1) is 23.2 Å². The van der Waals surface area contributed by atoms with Gasteiger partial charge in [-0.25, -0.2) is 18.4 Å². The minimum Gasteiger partial charge on any atom is -0.297 e. The van der Waals surface area contributed by atoms with E-state index >= 15 is 0 Å². The van der Waals surface area contributed by atoms with Crippen LogP contribution in [-0.2, 0) is 24.8 Å².